The minimum Gasteiger partial charge on any atom is -0.491 e. The number of carbonyl (C=O) groups is 2. The van der Waals surface area contributed by atoms with Crippen molar-refractivity contribution in [3.63, 3.8) is 0 Å². The van der Waals surface area contributed by atoms with Gasteiger partial charge in [-0.3, -0.25) is 9.59 Å². The molecule has 1 unspecified atom stereocenters. The van der Waals surface area contributed by atoms with E-state index in [-0.39, 0.29) is 23.7 Å². The number of amides is 2. The maximum absolute atomic E-state index is 13.9. The number of rotatable bonds is 14. The first-order valence-electron chi connectivity index (χ1n) is 18.9. The van der Waals surface area contributed by atoms with E-state index in [0.29, 0.717) is 55.3 Å². The summed E-state index contributed by atoms with van der Waals surface area (Å²) in [7, 11) is 1.66. The summed E-state index contributed by atoms with van der Waals surface area (Å²) in [4.78, 5) is 29.9. The summed E-state index contributed by atoms with van der Waals surface area (Å²) >= 11 is 0. The van der Waals surface area contributed by atoms with Crippen LogP contribution in [0.25, 0.3) is 0 Å². The summed E-state index contributed by atoms with van der Waals surface area (Å²) in [5, 5.41) is 6.56. The van der Waals surface area contributed by atoms with Crippen LogP contribution in [0.2, 0.25) is 0 Å². The lowest BCUT2D eigenvalue weighted by atomic mass is 9.64. The van der Waals surface area contributed by atoms with Crippen LogP contribution in [0.15, 0.2) is 48.5 Å². The van der Waals surface area contributed by atoms with E-state index >= 15 is 0 Å². The number of hydrogen-bond acceptors (Lipinski definition) is 6. The first-order chi connectivity index (χ1) is 23.7. The molecular formula is C41H61N3O5. The fraction of sp³-hybridized carbons (Fsp3) is 0.659. The van der Waals surface area contributed by atoms with Gasteiger partial charge in [-0.15, -0.1) is 0 Å². The van der Waals surface area contributed by atoms with Crippen LogP contribution in [0.3, 0.4) is 0 Å². The molecule has 0 aromatic heterocycles. The second kappa shape index (κ2) is 18.2. The van der Waals surface area contributed by atoms with E-state index in [2.05, 4.69) is 55.4 Å². The molecular weight excluding hydrogens is 614 g/mol. The van der Waals surface area contributed by atoms with Crippen LogP contribution in [0.5, 0.6) is 5.75 Å². The fourth-order valence-electron chi connectivity index (χ4n) is 8.80. The predicted octanol–water partition coefficient (Wildman–Crippen LogP) is 7.57. The molecule has 2 aliphatic carbocycles. The lowest BCUT2D eigenvalue weighted by Crippen LogP contribution is -2.41. The standard InChI is InChI=1S/C41H61N3O5/c1-28(2)36-16-10-31(26-39(36)41(46)43-33-11-13-34(14-12-33)44-17-19-48-20-18-44)24-30(4)37-15-9-29(3)23-38(37)40(45)42-27-32-7-6-8-35(25-32)49-22-21-47-5/h6-8,11-14,25,28-31,36-39H,9-10,15-24,26-27H2,1-5H3,(H,42,45)(H,43,46)/t29-,30?,31+,36+,37+,38-,39-/m1/s1. The van der Waals surface area contributed by atoms with Gasteiger partial charge < -0.3 is 29.7 Å². The second-order valence-corrected chi connectivity index (χ2v) is 15.4. The molecule has 3 aliphatic rings. The van der Waals surface area contributed by atoms with Crippen LogP contribution in [-0.2, 0) is 25.6 Å². The normalized spacial score (nSPS) is 26.6. The highest BCUT2D eigenvalue weighted by atomic mass is 16.5. The molecule has 2 saturated carbocycles. The van der Waals surface area contributed by atoms with E-state index in [0.717, 1.165) is 81.8 Å². The lowest BCUT2D eigenvalue weighted by molar-refractivity contribution is -0.129. The number of nitrogens with zero attached hydrogens (tertiary/aromatic N) is 1. The van der Waals surface area contributed by atoms with E-state index in [4.69, 9.17) is 14.2 Å². The van der Waals surface area contributed by atoms with Gasteiger partial charge in [0, 0.05) is 50.0 Å². The van der Waals surface area contributed by atoms with Crippen LogP contribution in [0.1, 0.15) is 78.2 Å². The Morgan fingerprint density at radius 2 is 1.63 bits per heavy atom. The Balaban J connectivity index is 1.17. The number of morpholine rings is 1. The molecule has 0 bridgehead atoms. The van der Waals surface area contributed by atoms with Gasteiger partial charge in [-0.05, 0) is 110 Å². The quantitative estimate of drug-likeness (QED) is 0.201. The largest absolute Gasteiger partial charge is 0.491 e. The SMILES string of the molecule is COCCOc1cccc(CNC(=O)[C@@H]2C[C@H](C)CC[C@H]2C(C)C[C@@H]2CC[C@@H](C(C)C)[C@H](C(=O)Nc3ccc(N4CCOCC4)cc3)C2)c1. The molecule has 1 saturated heterocycles. The molecule has 8 heteroatoms. The number of hydrogen-bond donors (Lipinski definition) is 2. The Kier molecular flexibility index (Phi) is 13.8. The van der Waals surface area contributed by atoms with Crippen LogP contribution in [0.4, 0.5) is 11.4 Å². The van der Waals surface area contributed by atoms with E-state index in [1.807, 2.05) is 36.4 Å². The van der Waals surface area contributed by atoms with Crippen molar-refractivity contribution in [2.24, 2.45) is 47.3 Å². The lowest BCUT2D eigenvalue weighted by Gasteiger charge is -2.41. The minimum absolute atomic E-state index is 0.00425. The summed E-state index contributed by atoms with van der Waals surface area (Å²) in [6.45, 7) is 14.0. The zero-order valence-electron chi connectivity index (χ0n) is 30.6. The number of ether oxygens (including phenoxy) is 3. The maximum atomic E-state index is 13.9. The number of methoxy groups -OCH3 is 1. The Bertz CT molecular complexity index is 1330. The van der Waals surface area contributed by atoms with E-state index in [1.165, 1.54) is 12.1 Å². The third-order valence-corrected chi connectivity index (χ3v) is 11.6. The third-order valence-electron chi connectivity index (χ3n) is 11.6. The molecule has 3 fully saturated rings. The van der Waals surface area contributed by atoms with Gasteiger partial charge in [-0.25, -0.2) is 0 Å². The van der Waals surface area contributed by atoms with Gasteiger partial charge in [0.1, 0.15) is 12.4 Å². The topological polar surface area (TPSA) is 89.1 Å². The molecule has 270 valence electrons. The van der Waals surface area contributed by atoms with Crippen molar-refractivity contribution in [2.75, 3.05) is 56.8 Å². The third kappa shape index (κ3) is 10.5. The number of nitrogens with one attached hydrogen (secondary N) is 2. The summed E-state index contributed by atoms with van der Waals surface area (Å²) in [6.07, 6.45) is 7.46. The molecule has 8 nitrogen and oxygen atoms in total. The van der Waals surface area contributed by atoms with E-state index in [1.54, 1.807) is 7.11 Å². The number of anilines is 2. The van der Waals surface area contributed by atoms with Crippen molar-refractivity contribution in [2.45, 2.75) is 79.2 Å². The van der Waals surface area contributed by atoms with Crippen molar-refractivity contribution in [1.29, 1.82) is 0 Å². The van der Waals surface area contributed by atoms with Gasteiger partial charge in [0.15, 0.2) is 0 Å². The first kappa shape index (κ1) is 37.2. The van der Waals surface area contributed by atoms with Gasteiger partial charge in [-0.1, -0.05) is 52.7 Å². The molecule has 2 aromatic carbocycles. The molecule has 49 heavy (non-hydrogen) atoms. The van der Waals surface area contributed by atoms with Gasteiger partial charge in [0.2, 0.25) is 11.8 Å². The van der Waals surface area contributed by atoms with Crippen LogP contribution >= 0.6 is 0 Å². The molecule has 2 N–H and O–H groups in total. The maximum Gasteiger partial charge on any atom is 0.227 e. The second-order valence-electron chi connectivity index (χ2n) is 15.4. The van der Waals surface area contributed by atoms with Crippen molar-refractivity contribution >= 4 is 23.2 Å². The summed E-state index contributed by atoms with van der Waals surface area (Å²) in [5.74, 6) is 3.83. The minimum atomic E-state index is 0.00425. The molecule has 2 amide bonds. The smallest absolute Gasteiger partial charge is 0.227 e. The molecule has 0 spiro atoms. The zero-order chi connectivity index (χ0) is 34.8. The van der Waals surface area contributed by atoms with Crippen molar-refractivity contribution < 1.29 is 23.8 Å². The first-order valence-corrected chi connectivity index (χ1v) is 18.9. The average Bonchev–Trinajstić information content (AvgIpc) is 3.11. The summed E-state index contributed by atoms with van der Waals surface area (Å²) in [6, 6.07) is 16.2. The highest BCUT2D eigenvalue weighted by molar-refractivity contribution is 5.93. The van der Waals surface area contributed by atoms with Crippen LogP contribution < -0.4 is 20.3 Å². The van der Waals surface area contributed by atoms with Crippen molar-refractivity contribution in [3.8, 4) is 5.75 Å². The number of benzene rings is 2. The van der Waals surface area contributed by atoms with Crippen molar-refractivity contribution in [3.05, 3.63) is 54.1 Å². The Labute approximate surface area is 295 Å². The molecule has 2 aromatic rings. The molecule has 5 rings (SSSR count). The van der Waals surface area contributed by atoms with Gasteiger partial charge >= 0.3 is 0 Å². The predicted molar refractivity (Wildman–Crippen MR) is 197 cm³/mol. The van der Waals surface area contributed by atoms with Gasteiger partial charge in [-0.2, -0.15) is 0 Å². The van der Waals surface area contributed by atoms with Crippen LogP contribution in [-0.4, -0.2) is 58.4 Å². The van der Waals surface area contributed by atoms with Gasteiger partial charge in [0.25, 0.3) is 0 Å². The number of carbonyl (C=O) groups excluding carboxylic acids is 2. The Morgan fingerprint density at radius 3 is 2.37 bits per heavy atom. The average molecular weight is 676 g/mol. The summed E-state index contributed by atoms with van der Waals surface area (Å²) in [5.41, 5.74) is 3.08. The van der Waals surface area contributed by atoms with Crippen molar-refractivity contribution in [1.82, 2.24) is 5.32 Å². The molecule has 1 heterocycles. The highest BCUT2D eigenvalue weighted by Gasteiger charge is 2.40. The summed E-state index contributed by atoms with van der Waals surface area (Å²) < 4.78 is 16.4. The molecule has 0 radical (unpaired) electrons. The monoisotopic (exact) mass is 675 g/mol. The highest BCUT2D eigenvalue weighted by Crippen LogP contribution is 2.45. The fourth-order valence-corrected chi connectivity index (χ4v) is 8.80. The molecule has 1 aliphatic heterocycles. The van der Waals surface area contributed by atoms with Gasteiger partial charge in [0.05, 0.1) is 19.8 Å². The van der Waals surface area contributed by atoms with E-state index < -0.39 is 0 Å². The zero-order valence-corrected chi connectivity index (χ0v) is 30.6. The van der Waals surface area contributed by atoms with Crippen LogP contribution in [0, 0.1) is 47.3 Å². The Morgan fingerprint density at radius 1 is 0.898 bits per heavy atom. The Hall–Kier alpha value is -3.10. The molecule has 7 atom stereocenters. The van der Waals surface area contributed by atoms with E-state index in [9.17, 15) is 9.59 Å².